The van der Waals surface area contributed by atoms with Crippen LogP contribution in [0.2, 0.25) is 0 Å². The second-order valence-electron chi connectivity index (χ2n) is 7.42. The molecule has 1 amide bonds. The van der Waals surface area contributed by atoms with Gasteiger partial charge in [-0.3, -0.25) is 18.7 Å². The van der Waals surface area contributed by atoms with Crippen molar-refractivity contribution in [1.82, 2.24) is 9.13 Å². The number of aromatic nitrogens is 2. The van der Waals surface area contributed by atoms with Gasteiger partial charge in [0, 0.05) is 12.2 Å². The normalized spacial score (nSPS) is 11.0. The van der Waals surface area contributed by atoms with Crippen molar-refractivity contribution in [2.24, 2.45) is 0 Å². The maximum atomic E-state index is 13.0. The zero-order valence-electron chi connectivity index (χ0n) is 17.2. The molecule has 1 heterocycles. The van der Waals surface area contributed by atoms with E-state index in [1.807, 2.05) is 32.0 Å². The number of fused-ring (bicyclic) bond motifs is 1. The summed E-state index contributed by atoms with van der Waals surface area (Å²) in [5.41, 5.74) is 2.52. The predicted octanol–water partition coefficient (Wildman–Crippen LogP) is 3.61. The first-order valence-corrected chi connectivity index (χ1v) is 10.0. The largest absolute Gasteiger partial charge is 0.331 e. The number of unbranched alkanes of at least 4 members (excludes halogenated alkanes) is 2. The molecule has 0 spiro atoms. The summed E-state index contributed by atoms with van der Waals surface area (Å²) in [6.45, 7) is 6.19. The number of amides is 1. The molecule has 29 heavy (non-hydrogen) atoms. The van der Waals surface area contributed by atoms with Crippen LogP contribution in [0.3, 0.4) is 0 Å². The molecule has 0 atom stereocenters. The fourth-order valence-electron chi connectivity index (χ4n) is 3.53. The van der Waals surface area contributed by atoms with Crippen LogP contribution in [0, 0.1) is 13.8 Å². The number of aryl methyl sites for hydroxylation is 2. The van der Waals surface area contributed by atoms with E-state index >= 15 is 0 Å². The summed E-state index contributed by atoms with van der Waals surface area (Å²) < 4.78 is 2.64. The number of nitrogens with one attached hydrogen (secondary N) is 1. The van der Waals surface area contributed by atoms with Crippen molar-refractivity contribution in [1.29, 1.82) is 0 Å². The molecule has 0 unspecified atom stereocenters. The van der Waals surface area contributed by atoms with Crippen molar-refractivity contribution < 1.29 is 4.79 Å². The molecule has 3 aromatic rings. The first-order valence-electron chi connectivity index (χ1n) is 10.0. The highest BCUT2D eigenvalue weighted by Gasteiger charge is 2.15. The molecular formula is C23H27N3O3. The molecule has 0 fully saturated rings. The van der Waals surface area contributed by atoms with Crippen molar-refractivity contribution in [3.05, 3.63) is 74.4 Å². The van der Waals surface area contributed by atoms with Crippen molar-refractivity contribution in [2.75, 3.05) is 5.32 Å². The molecule has 0 bridgehead atoms. The van der Waals surface area contributed by atoms with Gasteiger partial charge in [-0.1, -0.05) is 49.6 Å². The Morgan fingerprint density at radius 2 is 1.76 bits per heavy atom. The van der Waals surface area contributed by atoms with E-state index in [9.17, 15) is 14.4 Å². The molecule has 2 aromatic carbocycles. The van der Waals surface area contributed by atoms with E-state index in [2.05, 4.69) is 12.2 Å². The Hall–Kier alpha value is -3.15. The van der Waals surface area contributed by atoms with Crippen molar-refractivity contribution in [3.63, 3.8) is 0 Å². The van der Waals surface area contributed by atoms with E-state index in [4.69, 9.17) is 0 Å². The standard InChI is InChI=1S/C23H27N3O3/c1-4-5-8-13-25-22(28)18-9-6-7-10-20(18)26(23(25)29)15-21(27)24-19-12-11-16(2)14-17(19)3/h6-7,9-12,14H,4-5,8,13,15H2,1-3H3,(H,24,27). The molecule has 1 aromatic heterocycles. The third-order valence-corrected chi connectivity index (χ3v) is 5.08. The summed E-state index contributed by atoms with van der Waals surface area (Å²) in [6.07, 6.45) is 2.68. The van der Waals surface area contributed by atoms with Gasteiger partial charge in [0.15, 0.2) is 0 Å². The zero-order valence-corrected chi connectivity index (χ0v) is 17.2. The van der Waals surface area contributed by atoms with Crippen LogP contribution in [0.25, 0.3) is 10.9 Å². The quantitative estimate of drug-likeness (QED) is 0.623. The van der Waals surface area contributed by atoms with E-state index in [0.29, 0.717) is 23.1 Å². The lowest BCUT2D eigenvalue weighted by atomic mass is 10.1. The fraction of sp³-hybridized carbons (Fsp3) is 0.348. The first kappa shape index (κ1) is 20.6. The Kier molecular flexibility index (Phi) is 6.32. The number of rotatable bonds is 7. The minimum Gasteiger partial charge on any atom is -0.324 e. The van der Waals surface area contributed by atoms with Gasteiger partial charge in [-0.2, -0.15) is 0 Å². The number of carbonyl (C=O) groups is 1. The lowest BCUT2D eigenvalue weighted by Gasteiger charge is -2.15. The third-order valence-electron chi connectivity index (χ3n) is 5.08. The van der Waals surface area contributed by atoms with Crippen LogP contribution in [0.1, 0.15) is 37.3 Å². The van der Waals surface area contributed by atoms with E-state index in [1.165, 1.54) is 9.13 Å². The maximum absolute atomic E-state index is 13.0. The van der Waals surface area contributed by atoms with Crippen molar-refractivity contribution in [3.8, 4) is 0 Å². The van der Waals surface area contributed by atoms with Gasteiger partial charge in [-0.15, -0.1) is 0 Å². The highest BCUT2D eigenvalue weighted by Crippen LogP contribution is 2.16. The van der Waals surface area contributed by atoms with Crippen molar-refractivity contribution in [2.45, 2.75) is 53.1 Å². The molecule has 0 radical (unpaired) electrons. The van der Waals surface area contributed by atoms with Gasteiger partial charge < -0.3 is 5.32 Å². The van der Waals surface area contributed by atoms with Gasteiger partial charge in [0.25, 0.3) is 5.56 Å². The van der Waals surface area contributed by atoms with E-state index in [1.54, 1.807) is 24.3 Å². The van der Waals surface area contributed by atoms with Gasteiger partial charge in [0.2, 0.25) is 5.91 Å². The summed E-state index contributed by atoms with van der Waals surface area (Å²) in [5.74, 6) is -0.303. The second kappa shape index (κ2) is 8.90. The number of para-hydroxylation sites is 1. The van der Waals surface area contributed by atoms with Gasteiger partial charge in [-0.05, 0) is 44.0 Å². The molecule has 6 nitrogen and oxygen atoms in total. The molecule has 152 valence electrons. The Balaban J connectivity index is 1.98. The molecule has 3 rings (SSSR count). The van der Waals surface area contributed by atoms with Gasteiger partial charge in [0.1, 0.15) is 6.54 Å². The molecule has 0 aliphatic rings. The molecule has 0 saturated carbocycles. The minimum atomic E-state index is -0.444. The van der Waals surface area contributed by atoms with E-state index in [-0.39, 0.29) is 18.0 Å². The van der Waals surface area contributed by atoms with Crippen LogP contribution in [0.4, 0.5) is 5.69 Å². The molecule has 0 aliphatic heterocycles. The Bertz CT molecular complexity index is 1160. The number of nitrogens with zero attached hydrogens (tertiary/aromatic N) is 2. The number of benzene rings is 2. The van der Waals surface area contributed by atoms with Crippen LogP contribution < -0.4 is 16.6 Å². The summed E-state index contributed by atoms with van der Waals surface area (Å²) in [6, 6.07) is 12.7. The molecule has 1 N–H and O–H groups in total. The third kappa shape index (κ3) is 4.47. The zero-order chi connectivity index (χ0) is 21.0. The Morgan fingerprint density at radius 3 is 2.48 bits per heavy atom. The van der Waals surface area contributed by atoms with E-state index in [0.717, 1.165) is 30.4 Å². The summed E-state index contributed by atoms with van der Waals surface area (Å²) in [5, 5.41) is 3.33. The monoisotopic (exact) mass is 393 g/mol. The average molecular weight is 393 g/mol. The van der Waals surface area contributed by atoms with Crippen LogP contribution in [0.15, 0.2) is 52.1 Å². The fourth-order valence-corrected chi connectivity index (χ4v) is 3.53. The van der Waals surface area contributed by atoms with Crippen LogP contribution in [0.5, 0.6) is 0 Å². The molecule has 0 saturated heterocycles. The van der Waals surface area contributed by atoms with Crippen LogP contribution in [-0.4, -0.2) is 15.0 Å². The lowest BCUT2D eigenvalue weighted by molar-refractivity contribution is -0.116. The molecular weight excluding hydrogens is 366 g/mol. The molecule has 6 heteroatoms. The van der Waals surface area contributed by atoms with Crippen LogP contribution >= 0.6 is 0 Å². The maximum Gasteiger partial charge on any atom is 0.331 e. The van der Waals surface area contributed by atoms with Crippen LogP contribution in [-0.2, 0) is 17.9 Å². The number of carbonyl (C=O) groups excluding carboxylic acids is 1. The minimum absolute atomic E-state index is 0.152. The van der Waals surface area contributed by atoms with Gasteiger partial charge in [0.05, 0.1) is 10.9 Å². The number of hydrogen-bond donors (Lipinski definition) is 1. The SMILES string of the molecule is CCCCCn1c(=O)c2ccccc2n(CC(=O)Nc2ccc(C)cc2C)c1=O. The van der Waals surface area contributed by atoms with E-state index < -0.39 is 5.69 Å². The second-order valence-corrected chi connectivity index (χ2v) is 7.42. The number of anilines is 1. The highest BCUT2D eigenvalue weighted by atomic mass is 16.2. The summed E-state index contributed by atoms with van der Waals surface area (Å²) in [7, 11) is 0. The molecule has 0 aliphatic carbocycles. The van der Waals surface area contributed by atoms with Gasteiger partial charge in [-0.25, -0.2) is 4.79 Å². The number of hydrogen-bond acceptors (Lipinski definition) is 3. The smallest absolute Gasteiger partial charge is 0.324 e. The lowest BCUT2D eigenvalue weighted by Crippen LogP contribution is -2.41. The highest BCUT2D eigenvalue weighted by molar-refractivity contribution is 5.92. The Labute approximate surface area is 169 Å². The first-order chi connectivity index (χ1) is 13.9. The topological polar surface area (TPSA) is 73.1 Å². The predicted molar refractivity (Wildman–Crippen MR) is 117 cm³/mol. The summed E-state index contributed by atoms with van der Waals surface area (Å²) in [4.78, 5) is 38.6. The average Bonchev–Trinajstić information content (AvgIpc) is 2.70. The van der Waals surface area contributed by atoms with Gasteiger partial charge >= 0.3 is 5.69 Å². The summed E-state index contributed by atoms with van der Waals surface area (Å²) >= 11 is 0. The Morgan fingerprint density at radius 1 is 1.00 bits per heavy atom. The van der Waals surface area contributed by atoms with Crippen molar-refractivity contribution >= 4 is 22.5 Å².